The number of anilines is 1. The van der Waals surface area contributed by atoms with Crippen molar-refractivity contribution in [3.63, 3.8) is 0 Å². The number of carbonyl (C=O) groups excluding carboxylic acids is 2. The Balaban J connectivity index is 1.25. The lowest BCUT2D eigenvalue weighted by Crippen LogP contribution is -2.53. The highest BCUT2D eigenvalue weighted by Crippen LogP contribution is 2.36. The molecule has 1 N–H and O–H groups in total. The largest absolute Gasteiger partial charge is 0.494 e. The fourth-order valence-corrected chi connectivity index (χ4v) is 6.85. The van der Waals surface area contributed by atoms with Crippen molar-refractivity contribution in [3.8, 4) is 11.5 Å². The number of nitrogens with one attached hydrogen (secondary N) is 1. The topological polar surface area (TPSA) is 105 Å². The van der Waals surface area contributed by atoms with Gasteiger partial charge in [-0.3, -0.25) is 9.59 Å². The minimum absolute atomic E-state index is 0.0838. The first-order valence-corrected chi connectivity index (χ1v) is 15.3. The minimum atomic E-state index is -3.71. The molecule has 0 bridgehead atoms. The summed E-state index contributed by atoms with van der Waals surface area (Å²) in [4.78, 5) is 28.7. The highest BCUT2D eigenvalue weighted by atomic mass is 32.2. The monoisotopic (exact) mass is 577 g/mol. The first-order valence-electron chi connectivity index (χ1n) is 13.9. The molecule has 0 aliphatic carbocycles. The molecule has 0 aromatic heterocycles. The third kappa shape index (κ3) is 6.23. The number of piperidine rings is 1. The number of rotatable bonds is 8. The molecule has 0 unspecified atom stereocenters. The number of hydrogen-bond donors (Lipinski definition) is 1. The molecule has 41 heavy (non-hydrogen) atoms. The molecule has 2 heterocycles. The van der Waals surface area contributed by atoms with E-state index in [1.807, 2.05) is 50.2 Å². The second-order valence-corrected chi connectivity index (χ2v) is 12.2. The molecule has 0 saturated carbocycles. The molecule has 0 spiro atoms. The molecule has 2 aliphatic heterocycles. The van der Waals surface area contributed by atoms with Gasteiger partial charge in [-0.1, -0.05) is 42.5 Å². The predicted octanol–water partition coefficient (Wildman–Crippen LogP) is 3.91. The van der Waals surface area contributed by atoms with Crippen LogP contribution in [0, 0.1) is 12.8 Å². The summed E-state index contributed by atoms with van der Waals surface area (Å²) < 4.78 is 39.7. The van der Waals surface area contributed by atoms with Crippen molar-refractivity contribution in [2.24, 2.45) is 5.92 Å². The molecule has 3 aromatic rings. The number of ether oxygens (including phenoxy) is 2. The Labute approximate surface area is 241 Å². The number of carbonyl (C=O) groups is 2. The van der Waals surface area contributed by atoms with Gasteiger partial charge >= 0.3 is 0 Å². The van der Waals surface area contributed by atoms with E-state index in [0.29, 0.717) is 43.2 Å². The summed E-state index contributed by atoms with van der Waals surface area (Å²) in [6, 6.07) is 21.7. The number of hydrogen-bond acceptors (Lipinski definition) is 6. The molecule has 10 heteroatoms. The third-order valence-electron chi connectivity index (χ3n) is 7.53. The Morgan fingerprint density at radius 3 is 2.41 bits per heavy atom. The van der Waals surface area contributed by atoms with Crippen molar-refractivity contribution < 1.29 is 27.5 Å². The SMILES string of the molecule is CCOc1ccc(S(=O)(=O)N2CCC(C(=O)N3C[C@@H](C(=O)NCc4ccccc4)Oc4ccccc43)CC2)cc1C. The van der Waals surface area contributed by atoms with E-state index in [2.05, 4.69) is 5.32 Å². The lowest BCUT2D eigenvalue weighted by molar-refractivity contribution is -0.129. The van der Waals surface area contributed by atoms with E-state index < -0.39 is 16.1 Å². The van der Waals surface area contributed by atoms with Crippen LogP contribution in [-0.4, -0.2) is 56.9 Å². The van der Waals surface area contributed by atoms with Gasteiger partial charge in [-0.2, -0.15) is 4.31 Å². The number of aryl methyl sites for hydroxylation is 1. The quantitative estimate of drug-likeness (QED) is 0.436. The first-order chi connectivity index (χ1) is 19.8. The van der Waals surface area contributed by atoms with E-state index in [-0.39, 0.29) is 42.3 Å². The Morgan fingerprint density at radius 2 is 1.71 bits per heavy atom. The molecular formula is C31H35N3O6S. The Morgan fingerprint density at radius 1 is 1.00 bits per heavy atom. The molecule has 5 rings (SSSR count). The second kappa shape index (κ2) is 12.3. The van der Waals surface area contributed by atoms with Crippen LogP contribution < -0.4 is 19.7 Å². The molecule has 1 atom stereocenters. The summed E-state index contributed by atoms with van der Waals surface area (Å²) >= 11 is 0. The van der Waals surface area contributed by atoms with E-state index in [1.165, 1.54) is 4.31 Å². The van der Waals surface area contributed by atoms with Gasteiger partial charge in [-0.05, 0) is 68.1 Å². The maximum atomic E-state index is 13.8. The maximum Gasteiger partial charge on any atom is 0.263 e. The van der Waals surface area contributed by atoms with Crippen LogP contribution in [0.4, 0.5) is 5.69 Å². The summed E-state index contributed by atoms with van der Waals surface area (Å²) in [6.07, 6.45) is -0.0855. The smallest absolute Gasteiger partial charge is 0.263 e. The fourth-order valence-electron chi connectivity index (χ4n) is 5.29. The highest BCUT2D eigenvalue weighted by Gasteiger charge is 2.39. The van der Waals surface area contributed by atoms with Gasteiger partial charge in [-0.25, -0.2) is 8.42 Å². The molecular weight excluding hydrogens is 542 g/mol. The molecule has 2 aliphatic rings. The standard InChI is InChI=1S/C31H35N3O6S/c1-3-39-27-14-13-25(19-22(27)2)41(37,38)33-17-15-24(16-18-33)31(36)34-21-29(40-28-12-8-7-11-26(28)34)30(35)32-20-23-9-5-4-6-10-23/h4-14,19,24,29H,3,15-18,20-21H2,1-2H3,(H,32,35)/t29-/m0/s1. The zero-order chi connectivity index (χ0) is 29.0. The predicted molar refractivity (Wildman–Crippen MR) is 155 cm³/mol. The molecule has 216 valence electrons. The molecule has 3 aromatic carbocycles. The molecule has 1 fully saturated rings. The maximum absolute atomic E-state index is 13.8. The van der Waals surface area contributed by atoms with Gasteiger partial charge in [0.15, 0.2) is 6.10 Å². The molecule has 1 saturated heterocycles. The number of fused-ring (bicyclic) bond motifs is 1. The number of para-hydroxylation sites is 2. The average molecular weight is 578 g/mol. The zero-order valence-electron chi connectivity index (χ0n) is 23.3. The van der Waals surface area contributed by atoms with E-state index in [9.17, 15) is 18.0 Å². The summed E-state index contributed by atoms with van der Waals surface area (Å²) in [5.74, 6) is 0.331. The summed E-state index contributed by atoms with van der Waals surface area (Å²) in [5, 5.41) is 2.91. The van der Waals surface area contributed by atoms with Crippen LogP contribution >= 0.6 is 0 Å². The van der Waals surface area contributed by atoms with Crippen LogP contribution in [0.1, 0.15) is 30.9 Å². The lowest BCUT2D eigenvalue weighted by atomic mass is 9.95. The van der Waals surface area contributed by atoms with Gasteiger partial charge < -0.3 is 19.7 Å². The lowest BCUT2D eigenvalue weighted by Gasteiger charge is -2.38. The van der Waals surface area contributed by atoms with E-state index >= 15 is 0 Å². The van der Waals surface area contributed by atoms with Crippen LogP contribution in [0.25, 0.3) is 0 Å². The first kappa shape index (κ1) is 28.6. The normalized spacial score (nSPS) is 17.8. The number of benzene rings is 3. The van der Waals surface area contributed by atoms with Crippen molar-refractivity contribution in [2.45, 2.75) is 44.2 Å². The van der Waals surface area contributed by atoms with Crippen LogP contribution in [0.2, 0.25) is 0 Å². The third-order valence-corrected chi connectivity index (χ3v) is 9.42. The summed E-state index contributed by atoms with van der Waals surface area (Å²) in [6.45, 7) is 5.11. The van der Waals surface area contributed by atoms with Crippen LogP contribution in [-0.2, 0) is 26.2 Å². The van der Waals surface area contributed by atoms with Crippen LogP contribution in [0.15, 0.2) is 77.7 Å². The highest BCUT2D eigenvalue weighted by molar-refractivity contribution is 7.89. The van der Waals surface area contributed by atoms with Crippen LogP contribution in [0.3, 0.4) is 0 Å². The van der Waals surface area contributed by atoms with Crippen LogP contribution in [0.5, 0.6) is 11.5 Å². The van der Waals surface area contributed by atoms with Crippen molar-refractivity contribution >= 4 is 27.5 Å². The molecule has 2 amide bonds. The number of nitrogens with zero attached hydrogens (tertiary/aromatic N) is 2. The minimum Gasteiger partial charge on any atom is -0.494 e. The fraction of sp³-hybridized carbons (Fsp3) is 0.355. The van der Waals surface area contributed by atoms with Gasteiger partial charge in [0.25, 0.3) is 5.91 Å². The van der Waals surface area contributed by atoms with Crippen molar-refractivity contribution in [1.29, 1.82) is 0 Å². The Kier molecular flexibility index (Phi) is 8.60. The Hall–Kier alpha value is -3.89. The van der Waals surface area contributed by atoms with Crippen molar-refractivity contribution in [1.82, 2.24) is 9.62 Å². The number of sulfonamides is 1. The molecule has 0 radical (unpaired) electrons. The zero-order valence-corrected chi connectivity index (χ0v) is 24.1. The second-order valence-electron chi connectivity index (χ2n) is 10.3. The van der Waals surface area contributed by atoms with Gasteiger partial charge in [0, 0.05) is 25.6 Å². The average Bonchev–Trinajstić information content (AvgIpc) is 3.00. The van der Waals surface area contributed by atoms with E-state index in [0.717, 1.165) is 11.1 Å². The van der Waals surface area contributed by atoms with Gasteiger partial charge in [0.1, 0.15) is 11.5 Å². The van der Waals surface area contributed by atoms with Gasteiger partial charge in [-0.15, -0.1) is 0 Å². The summed E-state index contributed by atoms with van der Waals surface area (Å²) in [7, 11) is -3.71. The van der Waals surface area contributed by atoms with Gasteiger partial charge in [0.05, 0.1) is 23.7 Å². The van der Waals surface area contributed by atoms with Crippen molar-refractivity contribution in [2.75, 3.05) is 31.1 Å². The van der Waals surface area contributed by atoms with Gasteiger partial charge in [0.2, 0.25) is 15.9 Å². The Bertz CT molecular complexity index is 1500. The molecule has 9 nitrogen and oxygen atoms in total. The number of amides is 2. The van der Waals surface area contributed by atoms with E-state index in [4.69, 9.17) is 9.47 Å². The van der Waals surface area contributed by atoms with E-state index in [1.54, 1.807) is 41.3 Å². The summed E-state index contributed by atoms with van der Waals surface area (Å²) in [5.41, 5.74) is 2.34. The van der Waals surface area contributed by atoms with Crippen molar-refractivity contribution in [3.05, 3.63) is 83.9 Å².